The molecule has 18 heavy (non-hydrogen) atoms. The summed E-state index contributed by atoms with van der Waals surface area (Å²) in [7, 11) is 0. The molecule has 1 aromatic rings. The fourth-order valence-electron chi connectivity index (χ4n) is 3.16. The third kappa shape index (κ3) is 2.45. The van der Waals surface area contributed by atoms with Gasteiger partial charge in [-0.2, -0.15) is 0 Å². The average Bonchev–Trinajstić information content (AvgIpc) is 2.95. The molecule has 0 aliphatic heterocycles. The molecule has 3 unspecified atom stereocenters. The van der Waals surface area contributed by atoms with Gasteiger partial charge in [-0.3, -0.25) is 0 Å². The molecule has 4 nitrogen and oxygen atoms in total. The van der Waals surface area contributed by atoms with Crippen LogP contribution in [0.25, 0.3) is 0 Å². The lowest BCUT2D eigenvalue weighted by Gasteiger charge is -2.23. The quantitative estimate of drug-likeness (QED) is 0.838. The Morgan fingerprint density at radius 3 is 2.89 bits per heavy atom. The van der Waals surface area contributed by atoms with E-state index in [-0.39, 0.29) is 6.04 Å². The molecule has 0 bridgehead atoms. The maximum absolute atomic E-state index is 5.96. The van der Waals surface area contributed by atoms with Crippen molar-refractivity contribution in [3.63, 3.8) is 0 Å². The van der Waals surface area contributed by atoms with Gasteiger partial charge in [-0.25, -0.2) is 4.98 Å². The van der Waals surface area contributed by atoms with E-state index in [4.69, 9.17) is 5.73 Å². The molecule has 0 saturated heterocycles. The zero-order valence-corrected chi connectivity index (χ0v) is 11.2. The molecule has 2 aliphatic rings. The topological polar surface area (TPSA) is 55.9 Å². The highest BCUT2D eigenvalue weighted by Crippen LogP contribution is 2.37. The van der Waals surface area contributed by atoms with Crippen molar-refractivity contribution in [2.75, 3.05) is 6.54 Å². The number of nitrogens with one attached hydrogen (secondary N) is 1. The normalized spacial score (nSPS) is 29.7. The van der Waals surface area contributed by atoms with Crippen LogP contribution in [0.5, 0.6) is 0 Å². The number of nitrogens with zero attached hydrogens (tertiary/aromatic N) is 2. The van der Waals surface area contributed by atoms with E-state index in [1.54, 1.807) is 0 Å². The Kier molecular flexibility index (Phi) is 3.39. The Hall–Kier alpha value is -0.870. The fourth-order valence-corrected chi connectivity index (χ4v) is 3.16. The minimum atomic E-state index is 0.267. The maximum atomic E-state index is 5.96. The van der Waals surface area contributed by atoms with Gasteiger partial charge in [0.05, 0.1) is 18.1 Å². The highest BCUT2D eigenvalue weighted by atomic mass is 15.1. The summed E-state index contributed by atoms with van der Waals surface area (Å²) in [5.41, 5.74) is 7.24. The van der Waals surface area contributed by atoms with Gasteiger partial charge in [0.2, 0.25) is 0 Å². The molecule has 2 aliphatic carbocycles. The highest BCUT2D eigenvalue weighted by Gasteiger charge is 2.29. The van der Waals surface area contributed by atoms with E-state index in [9.17, 15) is 0 Å². The molecule has 2 saturated carbocycles. The monoisotopic (exact) mass is 248 g/mol. The second kappa shape index (κ2) is 5.02. The highest BCUT2D eigenvalue weighted by molar-refractivity contribution is 5.10. The summed E-state index contributed by atoms with van der Waals surface area (Å²) in [4.78, 5) is 4.31. The van der Waals surface area contributed by atoms with E-state index in [2.05, 4.69) is 21.8 Å². The van der Waals surface area contributed by atoms with E-state index in [0.29, 0.717) is 18.6 Å². The summed E-state index contributed by atoms with van der Waals surface area (Å²) < 4.78 is 2.32. The summed E-state index contributed by atoms with van der Waals surface area (Å²) >= 11 is 0. The number of aromatic nitrogens is 2. The summed E-state index contributed by atoms with van der Waals surface area (Å²) in [5, 5.41) is 3.74. The average molecular weight is 248 g/mol. The molecule has 2 fully saturated rings. The first kappa shape index (κ1) is 12.2. The van der Waals surface area contributed by atoms with Crippen molar-refractivity contribution in [1.29, 1.82) is 0 Å². The van der Waals surface area contributed by atoms with Crippen molar-refractivity contribution in [2.24, 2.45) is 11.7 Å². The van der Waals surface area contributed by atoms with E-state index in [1.807, 2.05) is 12.5 Å². The van der Waals surface area contributed by atoms with Gasteiger partial charge in [0, 0.05) is 24.8 Å². The molecular formula is C14H24N4. The van der Waals surface area contributed by atoms with Crippen LogP contribution in [0.1, 0.15) is 56.8 Å². The van der Waals surface area contributed by atoms with Crippen LogP contribution in [0.15, 0.2) is 12.5 Å². The smallest absolute Gasteiger partial charge is 0.0951 e. The molecule has 0 aromatic carbocycles. The zero-order chi connectivity index (χ0) is 12.5. The van der Waals surface area contributed by atoms with Gasteiger partial charge in [0.25, 0.3) is 0 Å². The molecule has 1 heterocycles. The van der Waals surface area contributed by atoms with Crippen molar-refractivity contribution in [3.8, 4) is 0 Å². The van der Waals surface area contributed by atoms with Crippen LogP contribution < -0.4 is 11.1 Å². The second-order valence-electron chi connectivity index (χ2n) is 6.03. The molecule has 0 radical (unpaired) electrons. The van der Waals surface area contributed by atoms with Crippen LogP contribution in [0, 0.1) is 5.92 Å². The Morgan fingerprint density at radius 1 is 1.44 bits per heavy atom. The molecular weight excluding hydrogens is 224 g/mol. The van der Waals surface area contributed by atoms with E-state index >= 15 is 0 Å². The molecule has 100 valence electrons. The summed E-state index contributed by atoms with van der Waals surface area (Å²) in [6, 6.07) is 1.58. The van der Waals surface area contributed by atoms with Crippen LogP contribution in [-0.4, -0.2) is 22.1 Å². The SMILES string of the molecule is CC1CCC(NC(CN)c2cncn2C2CC2)C1. The fraction of sp³-hybridized carbons (Fsp3) is 0.786. The molecule has 1 aromatic heterocycles. The third-order valence-electron chi connectivity index (χ3n) is 4.36. The van der Waals surface area contributed by atoms with Crippen LogP contribution in [-0.2, 0) is 0 Å². The molecule has 3 rings (SSSR count). The molecule has 4 heteroatoms. The number of hydrogen-bond donors (Lipinski definition) is 2. The molecule has 3 N–H and O–H groups in total. The predicted molar refractivity (Wildman–Crippen MR) is 72.2 cm³/mol. The Balaban J connectivity index is 1.69. The number of hydrogen-bond acceptors (Lipinski definition) is 3. The molecule has 3 atom stereocenters. The van der Waals surface area contributed by atoms with Crippen LogP contribution in [0.4, 0.5) is 0 Å². The van der Waals surface area contributed by atoms with Gasteiger partial charge in [-0.05, 0) is 38.0 Å². The van der Waals surface area contributed by atoms with Crippen molar-refractivity contribution < 1.29 is 0 Å². The first-order chi connectivity index (χ1) is 8.78. The lowest BCUT2D eigenvalue weighted by Crippen LogP contribution is -2.36. The van der Waals surface area contributed by atoms with Gasteiger partial charge in [0.15, 0.2) is 0 Å². The van der Waals surface area contributed by atoms with Crippen molar-refractivity contribution in [1.82, 2.24) is 14.9 Å². The minimum absolute atomic E-state index is 0.267. The van der Waals surface area contributed by atoms with E-state index < -0.39 is 0 Å². The number of rotatable bonds is 5. The first-order valence-corrected chi connectivity index (χ1v) is 7.25. The van der Waals surface area contributed by atoms with Crippen molar-refractivity contribution >= 4 is 0 Å². The number of nitrogens with two attached hydrogens (primary N) is 1. The number of imidazole rings is 1. The maximum Gasteiger partial charge on any atom is 0.0951 e. The van der Waals surface area contributed by atoms with Gasteiger partial charge < -0.3 is 15.6 Å². The van der Waals surface area contributed by atoms with E-state index in [1.165, 1.54) is 37.8 Å². The Bertz CT molecular complexity index is 396. The zero-order valence-electron chi connectivity index (χ0n) is 11.2. The van der Waals surface area contributed by atoms with Crippen LogP contribution in [0.2, 0.25) is 0 Å². The van der Waals surface area contributed by atoms with Crippen molar-refractivity contribution in [2.45, 2.75) is 57.2 Å². The molecule has 0 amide bonds. The molecule has 0 spiro atoms. The van der Waals surface area contributed by atoms with Gasteiger partial charge in [-0.1, -0.05) is 6.92 Å². The van der Waals surface area contributed by atoms with Crippen LogP contribution in [0.3, 0.4) is 0 Å². The van der Waals surface area contributed by atoms with Gasteiger partial charge in [0.1, 0.15) is 0 Å². The lowest BCUT2D eigenvalue weighted by atomic mass is 10.1. The first-order valence-electron chi connectivity index (χ1n) is 7.25. The van der Waals surface area contributed by atoms with Crippen molar-refractivity contribution in [3.05, 3.63) is 18.2 Å². The van der Waals surface area contributed by atoms with Crippen LogP contribution >= 0.6 is 0 Å². The van der Waals surface area contributed by atoms with Gasteiger partial charge in [-0.15, -0.1) is 0 Å². The summed E-state index contributed by atoms with van der Waals surface area (Å²) in [6.07, 6.45) is 10.5. The largest absolute Gasteiger partial charge is 0.330 e. The van der Waals surface area contributed by atoms with E-state index in [0.717, 1.165) is 5.92 Å². The summed E-state index contributed by atoms with van der Waals surface area (Å²) in [5.74, 6) is 0.856. The summed E-state index contributed by atoms with van der Waals surface area (Å²) in [6.45, 7) is 3.00. The Labute approximate surface area is 109 Å². The standard InChI is InChI=1S/C14H24N4/c1-10-2-3-11(6-10)17-13(7-15)14-8-16-9-18(14)12-4-5-12/h8-13,17H,2-7,15H2,1H3. The van der Waals surface area contributed by atoms with Gasteiger partial charge >= 0.3 is 0 Å². The minimum Gasteiger partial charge on any atom is -0.330 e. The second-order valence-corrected chi connectivity index (χ2v) is 6.03. The lowest BCUT2D eigenvalue weighted by molar-refractivity contribution is 0.417. The Morgan fingerprint density at radius 2 is 2.28 bits per heavy atom. The predicted octanol–water partition coefficient (Wildman–Crippen LogP) is 2.00. The third-order valence-corrected chi connectivity index (χ3v) is 4.36.